The molecule has 18 heavy (non-hydrogen) atoms. The van der Waals surface area contributed by atoms with E-state index in [2.05, 4.69) is 26.6 Å². The monoisotopic (exact) mass is 310 g/mol. The van der Waals surface area contributed by atoms with E-state index in [1.807, 2.05) is 12.1 Å². The van der Waals surface area contributed by atoms with Crippen LogP contribution in [0.2, 0.25) is 0 Å². The summed E-state index contributed by atoms with van der Waals surface area (Å²) in [5, 5.41) is 5.77. The van der Waals surface area contributed by atoms with E-state index < -0.39 is 0 Å². The zero-order valence-corrected chi connectivity index (χ0v) is 11.5. The summed E-state index contributed by atoms with van der Waals surface area (Å²) in [5.41, 5.74) is 0.609. The Hall–Kier alpha value is -1.20. The number of ketones is 1. The number of Topliss-reactive ketones (excluding diaryl/α,β-unsaturated/α-hetero) is 1. The van der Waals surface area contributed by atoms with Crippen molar-refractivity contribution in [2.45, 2.75) is 18.9 Å². The third kappa shape index (κ3) is 3.40. The van der Waals surface area contributed by atoms with Crippen molar-refractivity contribution in [3.63, 3.8) is 0 Å². The lowest BCUT2D eigenvalue weighted by Crippen LogP contribution is -2.42. The molecule has 1 aliphatic rings. The normalized spacial score (nSPS) is 18.6. The Bertz CT molecular complexity index is 439. The Labute approximate surface area is 114 Å². The fourth-order valence-electron chi connectivity index (χ4n) is 1.94. The first-order valence-corrected chi connectivity index (χ1v) is 6.76. The van der Waals surface area contributed by atoms with Crippen LogP contribution in [0.15, 0.2) is 28.7 Å². The van der Waals surface area contributed by atoms with Crippen LogP contribution in [0.5, 0.6) is 0 Å². The molecule has 0 bridgehead atoms. The Morgan fingerprint density at radius 2 is 2.06 bits per heavy atom. The molecule has 1 fully saturated rings. The summed E-state index contributed by atoms with van der Waals surface area (Å²) < 4.78 is 0.929. The van der Waals surface area contributed by atoms with Gasteiger partial charge in [-0.25, -0.2) is 0 Å². The van der Waals surface area contributed by atoms with Gasteiger partial charge in [0, 0.05) is 10.0 Å². The molecule has 0 unspecified atom stereocenters. The lowest BCUT2D eigenvalue weighted by molar-refractivity contribution is -0.122. The van der Waals surface area contributed by atoms with Gasteiger partial charge in [-0.3, -0.25) is 9.59 Å². The van der Waals surface area contributed by atoms with Crippen LogP contribution < -0.4 is 10.6 Å². The molecular weight excluding hydrogens is 296 g/mol. The molecule has 0 aliphatic carbocycles. The zero-order chi connectivity index (χ0) is 13.0. The maximum Gasteiger partial charge on any atom is 0.237 e. The predicted octanol–water partition coefficient (Wildman–Crippen LogP) is 1.50. The van der Waals surface area contributed by atoms with Gasteiger partial charge in [-0.1, -0.05) is 28.1 Å². The molecule has 0 spiro atoms. The number of hydrogen-bond donors (Lipinski definition) is 2. The highest BCUT2D eigenvalue weighted by Crippen LogP contribution is 2.11. The van der Waals surface area contributed by atoms with E-state index in [1.165, 1.54) is 0 Å². The number of carbonyl (C=O) groups excluding carboxylic acids is 2. The molecule has 96 valence electrons. The van der Waals surface area contributed by atoms with Gasteiger partial charge in [0.05, 0.1) is 12.6 Å². The predicted molar refractivity (Wildman–Crippen MR) is 72.5 cm³/mol. The Balaban J connectivity index is 1.84. The number of carbonyl (C=O) groups is 2. The fourth-order valence-corrected chi connectivity index (χ4v) is 2.20. The second-order valence-corrected chi connectivity index (χ2v) is 5.21. The zero-order valence-electron chi connectivity index (χ0n) is 9.91. The lowest BCUT2D eigenvalue weighted by Gasteiger charge is -2.10. The molecule has 5 heteroatoms. The van der Waals surface area contributed by atoms with Crippen LogP contribution in [0.4, 0.5) is 0 Å². The van der Waals surface area contributed by atoms with Crippen LogP contribution in [0.1, 0.15) is 23.2 Å². The molecule has 2 rings (SSSR count). The van der Waals surface area contributed by atoms with Gasteiger partial charge in [-0.15, -0.1) is 0 Å². The number of halogens is 1. The highest BCUT2D eigenvalue weighted by molar-refractivity contribution is 9.10. The Morgan fingerprint density at radius 3 is 2.67 bits per heavy atom. The van der Waals surface area contributed by atoms with Crippen molar-refractivity contribution in [2.75, 3.05) is 13.1 Å². The smallest absolute Gasteiger partial charge is 0.237 e. The number of rotatable bonds is 4. The molecule has 0 radical (unpaired) electrons. The standard InChI is InChI=1S/C13H15BrN2O2/c14-10-5-3-9(4-6-10)12(17)8-16-13(18)11-2-1-7-15-11/h3-6,11,15H,1-2,7-8H2,(H,16,18)/t11-/m0/s1. The molecule has 1 heterocycles. The van der Waals surface area contributed by atoms with Crippen LogP contribution in [-0.2, 0) is 4.79 Å². The molecule has 1 saturated heterocycles. The summed E-state index contributed by atoms with van der Waals surface area (Å²) in [5.74, 6) is -0.160. The minimum Gasteiger partial charge on any atom is -0.347 e. The second kappa shape index (κ2) is 6.11. The topological polar surface area (TPSA) is 58.2 Å². The molecule has 2 N–H and O–H groups in total. The van der Waals surface area contributed by atoms with Crippen LogP contribution >= 0.6 is 15.9 Å². The van der Waals surface area contributed by atoms with Gasteiger partial charge in [-0.2, -0.15) is 0 Å². The van der Waals surface area contributed by atoms with E-state index in [9.17, 15) is 9.59 Å². The van der Waals surface area contributed by atoms with Gasteiger partial charge in [0.1, 0.15) is 0 Å². The van der Waals surface area contributed by atoms with E-state index >= 15 is 0 Å². The van der Waals surface area contributed by atoms with Gasteiger partial charge >= 0.3 is 0 Å². The molecule has 4 nitrogen and oxygen atoms in total. The number of hydrogen-bond acceptors (Lipinski definition) is 3. The Kier molecular flexibility index (Phi) is 4.49. The summed E-state index contributed by atoms with van der Waals surface area (Å²) in [7, 11) is 0. The number of nitrogens with one attached hydrogen (secondary N) is 2. The van der Waals surface area contributed by atoms with Crippen molar-refractivity contribution in [1.29, 1.82) is 0 Å². The maximum atomic E-state index is 11.8. The van der Waals surface area contributed by atoms with Crippen molar-refractivity contribution in [3.8, 4) is 0 Å². The SMILES string of the molecule is O=C(CNC(=O)[C@@H]1CCCN1)c1ccc(Br)cc1. The van der Waals surface area contributed by atoms with Gasteiger partial charge in [0.15, 0.2) is 5.78 Å². The maximum absolute atomic E-state index is 11.8. The lowest BCUT2D eigenvalue weighted by atomic mass is 10.1. The van der Waals surface area contributed by atoms with Crippen LogP contribution in [-0.4, -0.2) is 30.8 Å². The molecule has 1 amide bonds. The van der Waals surface area contributed by atoms with Crippen LogP contribution in [0.25, 0.3) is 0 Å². The van der Waals surface area contributed by atoms with Crippen LogP contribution in [0, 0.1) is 0 Å². The van der Waals surface area contributed by atoms with E-state index in [0.717, 1.165) is 23.9 Å². The molecule has 1 aliphatic heterocycles. The number of amides is 1. The third-order valence-electron chi connectivity index (χ3n) is 2.97. The van der Waals surface area contributed by atoms with Gasteiger partial charge in [0.25, 0.3) is 0 Å². The minimum absolute atomic E-state index is 0.0542. The summed E-state index contributed by atoms with van der Waals surface area (Å²) in [6.07, 6.45) is 1.86. The molecule has 1 atom stereocenters. The molecule has 0 saturated carbocycles. The largest absolute Gasteiger partial charge is 0.347 e. The minimum atomic E-state index is -0.136. The van der Waals surface area contributed by atoms with Crippen molar-refractivity contribution in [3.05, 3.63) is 34.3 Å². The second-order valence-electron chi connectivity index (χ2n) is 4.30. The first-order chi connectivity index (χ1) is 8.66. The first-order valence-electron chi connectivity index (χ1n) is 5.96. The average Bonchev–Trinajstić information content (AvgIpc) is 2.90. The Morgan fingerprint density at radius 1 is 1.33 bits per heavy atom. The van der Waals surface area contributed by atoms with E-state index in [-0.39, 0.29) is 24.3 Å². The quantitative estimate of drug-likeness (QED) is 0.829. The molecule has 1 aromatic rings. The van der Waals surface area contributed by atoms with E-state index in [0.29, 0.717) is 5.56 Å². The van der Waals surface area contributed by atoms with Crippen LogP contribution in [0.3, 0.4) is 0 Å². The van der Waals surface area contributed by atoms with Gasteiger partial charge < -0.3 is 10.6 Å². The molecular formula is C13H15BrN2O2. The number of benzene rings is 1. The summed E-state index contributed by atoms with van der Waals surface area (Å²) in [6, 6.07) is 6.97. The van der Waals surface area contributed by atoms with Gasteiger partial charge in [-0.05, 0) is 31.5 Å². The molecule has 1 aromatic carbocycles. The van der Waals surface area contributed by atoms with Crippen molar-refractivity contribution in [2.24, 2.45) is 0 Å². The highest BCUT2D eigenvalue weighted by Gasteiger charge is 2.22. The van der Waals surface area contributed by atoms with Crippen molar-refractivity contribution < 1.29 is 9.59 Å². The van der Waals surface area contributed by atoms with E-state index in [4.69, 9.17) is 0 Å². The molecule has 0 aromatic heterocycles. The van der Waals surface area contributed by atoms with Gasteiger partial charge in [0.2, 0.25) is 5.91 Å². The first kappa shape index (κ1) is 13.2. The summed E-state index contributed by atoms with van der Waals surface area (Å²) in [6.45, 7) is 0.928. The van der Waals surface area contributed by atoms with Crippen molar-refractivity contribution >= 4 is 27.6 Å². The fraction of sp³-hybridized carbons (Fsp3) is 0.385. The summed E-state index contributed by atoms with van der Waals surface area (Å²) in [4.78, 5) is 23.5. The van der Waals surface area contributed by atoms with Crippen molar-refractivity contribution in [1.82, 2.24) is 10.6 Å². The highest BCUT2D eigenvalue weighted by atomic mass is 79.9. The van der Waals surface area contributed by atoms with E-state index in [1.54, 1.807) is 12.1 Å². The third-order valence-corrected chi connectivity index (χ3v) is 3.49. The average molecular weight is 311 g/mol. The summed E-state index contributed by atoms with van der Waals surface area (Å²) >= 11 is 3.31.